The van der Waals surface area contributed by atoms with Gasteiger partial charge in [0.2, 0.25) is 0 Å². The molecule has 0 bridgehead atoms. The van der Waals surface area contributed by atoms with Gasteiger partial charge in [0, 0.05) is 38.6 Å². The van der Waals surface area contributed by atoms with Crippen LogP contribution in [0.4, 0.5) is 0 Å². The van der Waals surface area contributed by atoms with Crippen molar-refractivity contribution in [1.82, 2.24) is 9.88 Å². The Bertz CT molecular complexity index is 303. The molecule has 0 aliphatic carbocycles. The van der Waals surface area contributed by atoms with E-state index in [1.165, 1.54) is 24.8 Å². The average molecular weight is 222 g/mol. The lowest BCUT2D eigenvalue weighted by atomic mass is 10.2. The summed E-state index contributed by atoms with van der Waals surface area (Å²) in [5.41, 5.74) is 1.37. The summed E-state index contributed by atoms with van der Waals surface area (Å²) in [4.78, 5) is 0. The number of nitrogens with one attached hydrogen (secondary N) is 1. The number of hydrogen-bond donors (Lipinski definition) is 1. The zero-order valence-electron chi connectivity index (χ0n) is 10.1. The van der Waals surface area contributed by atoms with Crippen molar-refractivity contribution in [1.29, 1.82) is 0 Å². The fraction of sp³-hybridized carbons (Fsp3) is 0.692. The van der Waals surface area contributed by atoms with E-state index in [4.69, 9.17) is 4.74 Å². The number of hydrogen-bond acceptors (Lipinski definition) is 2. The van der Waals surface area contributed by atoms with Gasteiger partial charge in [-0.3, -0.25) is 0 Å². The summed E-state index contributed by atoms with van der Waals surface area (Å²) in [5.74, 6) is 0. The first-order chi connectivity index (χ1) is 7.88. The molecule has 0 radical (unpaired) electrons. The SMILES string of the molecule is CCCn1ccc(CNCC2CCCO2)c1. The van der Waals surface area contributed by atoms with Crippen LogP contribution < -0.4 is 5.32 Å². The number of nitrogens with zero attached hydrogens (tertiary/aromatic N) is 1. The van der Waals surface area contributed by atoms with Crippen LogP contribution in [0, 0.1) is 0 Å². The van der Waals surface area contributed by atoms with Gasteiger partial charge in [-0.2, -0.15) is 0 Å². The van der Waals surface area contributed by atoms with Gasteiger partial charge in [-0.15, -0.1) is 0 Å². The Morgan fingerprint density at radius 3 is 3.25 bits per heavy atom. The largest absolute Gasteiger partial charge is 0.377 e. The average Bonchev–Trinajstić information content (AvgIpc) is 2.90. The molecule has 0 saturated carbocycles. The van der Waals surface area contributed by atoms with E-state index in [0.717, 1.165) is 26.2 Å². The van der Waals surface area contributed by atoms with Crippen molar-refractivity contribution in [3.63, 3.8) is 0 Å². The quantitative estimate of drug-likeness (QED) is 0.798. The molecule has 2 rings (SSSR count). The van der Waals surface area contributed by atoms with Gasteiger partial charge in [0.1, 0.15) is 0 Å². The van der Waals surface area contributed by atoms with Crippen molar-refractivity contribution in [2.24, 2.45) is 0 Å². The molecular weight excluding hydrogens is 200 g/mol. The third-order valence-electron chi connectivity index (χ3n) is 3.02. The minimum atomic E-state index is 0.442. The highest BCUT2D eigenvalue weighted by molar-refractivity contribution is 5.09. The first-order valence-corrected chi connectivity index (χ1v) is 6.35. The Balaban J connectivity index is 1.67. The monoisotopic (exact) mass is 222 g/mol. The van der Waals surface area contributed by atoms with Crippen molar-refractivity contribution in [2.45, 2.75) is 45.4 Å². The second-order valence-electron chi connectivity index (χ2n) is 4.52. The fourth-order valence-corrected chi connectivity index (χ4v) is 2.18. The Morgan fingerprint density at radius 2 is 2.50 bits per heavy atom. The molecule has 16 heavy (non-hydrogen) atoms. The van der Waals surface area contributed by atoms with Crippen molar-refractivity contribution in [2.75, 3.05) is 13.2 Å². The summed E-state index contributed by atoms with van der Waals surface area (Å²) in [7, 11) is 0. The molecule has 2 heterocycles. The summed E-state index contributed by atoms with van der Waals surface area (Å²) in [6.45, 7) is 6.20. The van der Waals surface area contributed by atoms with Gasteiger partial charge in [-0.05, 0) is 30.9 Å². The van der Waals surface area contributed by atoms with Gasteiger partial charge in [-0.1, -0.05) is 6.92 Å². The molecule has 0 aromatic carbocycles. The standard InChI is InChI=1S/C13H22N2O/c1-2-6-15-7-5-12(11-15)9-14-10-13-4-3-8-16-13/h5,7,11,13-14H,2-4,6,8-10H2,1H3. The third-order valence-corrected chi connectivity index (χ3v) is 3.02. The topological polar surface area (TPSA) is 26.2 Å². The van der Waals surface area contributed by atoms with Crippen LogP contribution >= 0.6 is 0 Å². The Kier molecular flexibility index (Phi) is 4.43. The van der Waals surface area contributed by atoms with Crippen LogP contribution in [-0.4, -0.2) is 23.8 Å². The van der Waals surface area contributed by atoms with Gasteiger partial charge in [0.15, 0.2) is 0 Å². The third kappa shape index (κ3) is 3.35. The van der Waals surface area contributed by atoms with Crippen LogP contribution in [0.25, 0.3) is 0 Å². The van der Waals surface area contributed by atoms with E-state index >= 15 is 0 Å². The molecule has 1 unspecified atom stereocenters. The summed E-state index contributed by atoms with van der Waals surface area (Å²) < 4.78 is 7.82. The minimum Gasteiger partial charge on any atom is -0.377 e. The maximum Gasteiger partial charge on any atom is 0.0700 e. The molecule has 1 aliphatic rings. The van der Waals surface area contributed by atoms with Crippen molar-refractivity contribution in [3.05, 3.63) is 24.0 Å². The van der Waals surface area contributed by atoms with Crippen LogP contribution in [-0.2, 0) is 17.8 Å². The van der Waals surface area contributed by atoms with E-state index in [9.17, 15) is 0 Å². The van der Waals surface area contributed by atoms with Crippen LogP contribution in [0.2, 0.25) is 0 Å². The molecule has 1 fully saturated rings. The molecule has 1 aromatic rings. The van der Waals surface area contributed by atoms with E-state index in [0.29, 0.717) is 6.10 Å². The predicted octanol–water partition coefficient (Wildman–Crippen LogP) is 2.17. The Labute approximate surface area is 97.8 Å². The molecule has 0 spiro atoms. The lowest BCUT2D eigenvalue weighted by Gasteiger charge is -2.09. The summed E-state index contributed by atoms with van der Waals surface area (Å²) in [6, 6.07) is 2.19. The minimum absolute atomic E-state index is 0.442. The van der Waals surface area contributed by atoms with E-state index in [-0.39, 0.29) is 0 Å². The molecular formula is C13H22N2O. The fourth-order valence-electron chi connectivity index (χ4n) is 2.18. The van der Waals surface area contributed by atoms with Gasteiger partial charge in [0.05, 0.1) is 6.10 Å². The van der Waals surface area contributed by atoms with Crippen molar-refractivity contribution >= 4 is 0 Å². The van der Waals surface area contributed by atoms with E-state index in [1.54, 1.807) is 0 Å². The first kappa shape index (κ1) is 11.7. The molecule has 0 amide bonds. The zero-order chi connectivity index (χ0) is 11.2. The highest BCUT2D eigenvalue weighted by Crippen LogP contribution is 2.11. The molecule has 90 valence electrons. The van der Waals surface area contributed by atoms with Crippen LogP contribution in [0.15, 0.2) is 18.5 Å². The predicted molar refractivity (Wildman–Crippen MR) is 65.4 cm³/mol. The molecule has 3 nitrogen and oxygen atoms in total. The highest BCUT2D eigenvalue weighted by Gasteiger charge is 2.14. The van der Waals surface area contributed by atoms with Crippen LogP contribution in [0.1, 0.15) is 31.7 Å². The molecule has 1 saturated heterocycles. The summed E-state index contributed by atoms with van der Waals surface area (Å²) >= 11 is 0. The van der Waals surface area contributed by atoms with Gasteiger partial charge in [-0.25, -0.2) is 0 Å². The molecule has 1 aromatic heterocycles. The maximum absolute atomic E-state index is 5.57. The number of aryl methyl sites for hydroxylation is 1. The summed E-state index contributed by atoms with van der Waals surface area (Å²) in [5, 5.41) is 3.46. The Hall–Kier alpha value is -0.800. The van der Waals surface area contributed by atoms with Crippen LogP contribution in [0.5, 0.6) is 0 Å². The number of ether oxygens (including phenoxy) is 1. The zero-order valence-corrected chi connectivity index (χ0v) is 10.1. The molecule has 1 atom stereocenters. The van der Waals surface area contributed by atoms with E-state index < -0.39 is 0 Å². The normalized spacial score (nSPS) is 20.4. The Morgan fingerprint density at radius 1 is 1.56 bits per heavy atom. The number of aromatic nitrogens is 1. The van der Waals surface area contributed by atoms with E-state index in [1.807, 2.05) is 0 Å². The molecule has 3 heteroatoms. The van der Waals surface area contributed by atoms with Crippen molar-refractivity contribution < 1.29 is 4.74 Å². The van der Waals surface area contributed by atoms with Gasteiger partial charge >= 0.3 is 0 Å². The first-order valence-electron chi connectivity index (χ1n) is 6.35. The second kappa shape index (κ2) is 6.06. The highest BCUT2D eigenvalue weighted by atomic mass is 16.5. The second-order valence-corrected chi connectivity index (χ2v) is 4.52. The van der Waals surface area contributed by atoms with Gasteiger partial charge < -0.3 is 14.6 Å². The maximum atomic E-state index is 5.57. The smallest absolute Gasteiger partial charge is 0.0700 e. The van der Waals surface area contributed by atoms with Gasteiger partial charge in [0.25, 0.3) is 0 Å². The van der Waals surface area contributed by atoms with Crippen molar-refractivity contribution in [3.8, 4) is 0 Å². The van der Waals surface area contributed by atoms with E-state index in [2.05, 4.69) is 35.3 Å². The summed E-state index contributed by atoms with van der Waals surface area (Å²) in [6.07, 6.45) is 8.46. The molecule has 1 aliphatic heterocycles. The lowest BCUT2D eigenvalue weighted by molar-refractivity contribution is 0.110. The molecule has 1 N–H and O–H groups in total. The number of rotatable bonds is 6. The van der Waals surface area contributed by atoms with Crippen LogP contribution in [0.3, 0.4) is 0 Å². The lowest BCUT2D eigenvalue weighted by Crippen LogP contribution is -2.25.